The summed E-state index contributed by atoms with van der Waals surface area (Å²) in [4.78, 5) is 29.9. The maximum absolute atomic E-state index is 14.8. The summed E-state index contributed by atoms with van der Waals surface area (Å²) in [5.74, 6) is 1.87. The molecule has 0 spiro atoms. The van der Waals surface area contributed by atoms with E-state index in [-0.39, 0.29) is 25.3 Å². The maximum Gasteiger partial charge on any atom is 0.410 e. The number of alkyl halides is 2. The molecule has 4 aromatic rings. The van der Waals surface area contributed by atoms with Gasteiger partial charge in [-0.15, -0.1) is 0 Å². The lowest BCUT2D eigenvalue weighted by molar-refractivity contribution is -0.0176. The van der Waals surface area contributed by atoms with Crippen molar-refractivity contribution in [2.45, 2.75) is 90.1 Å². The number of aliphatic hydroxyl groups excluding tert-OH is 1. The molecule has 2 aliphatic rings. The van der Waals surface area contributed by atoms with E-state index in [2.05, 4.69) is 4.85 Å². The summed E-state index contributed by atoms with van der Waals surface area (Å²) in [7, 11) is 3.17. The first-order valence-corrected chi connectivity index (χ1v) is 20.4. The van der Waals surface area contributed by atoms with E-state index in [0.29, 0.717) is 48.0 Å². The second-order valence-electron chi connectivity index (χ2n) is 16.8. The topological polar surface area (TPSA) is 155 Å². The highest BCUT2D eigenvalue weighted by Crippen LogP contribution is 2.37. The van der Waals surface area contributed by atoms with Gasteiger partial charge in [-0.3, -0.25) is 0 Å². The lowest BCUT2D eigenvalue weighted by Gasteiger charge is -2.35. The molecule has 13 nitrogen and oxygen atoms in total. The SMILES string of the molecule is CC(C)(C)OC(=O)N1CCC(O)C(F)C1.COc1ccccc1-c1cc(O)cc(C#N)c1.[C-]#[N+]c1cc(OC2CCN(C(=O)OC(C)(C)C)CC2F)cc(-c2ccccc2OC)c1. The zero-order valence-corrected chi connectivity index (χ0v) is 36.9. The van der Waals surface area contributed by atoms with Gasteiger partial charge < -0.3 is 43.7 Å². The number of likely N-dealkylation sites (tertiary alicyclic amines) is 2. The first kappa shape index (κ1) is 49.1. The van der Waals surface area contributed by atoms with E-state index in [9.17, 15) is 23.5 Å². The van der Waals surface area contributed by atoms with Crippen LogP contribution in [0.3, 0.4) is 0 Å². The van der Waals surface area contributed by atoms with Crippen LogP contribution in [0.1, 0.15) is 59.9 Å². The van der Waals surface area contributed by atoms with Crippen LogP contribution in [0.2, 0.25) is 0 Å². The molecule has 2 aliphatic heterocycles. The van der Waals surface area contributed by atoms with Gasteiger partial charge in [0.05, 0.1) is 51.6 Å². The number of amides is 2. The van der Waals surface area contributed by atoms with Gasteiger partial charge >= 0.3 is 12.2 Å². The number of benzene rings is 4. The van der Waals surface area contributed by atoms with Gasteiger partial charge in [0.1, 0.15) is 46.5 Å². The Labute approximate surface area is 368 Å². The fourth-order valence-corrected chi connectivity index (χ4v) is 6.54. The number of para-hydroxylation sites is 2. The predicted octanol–water partition coefficient (Wildman–Crippen LogP) is 9.90. The number of hydrogen-bond acceptors (Lipinski definition) is 10. The highest BCUT2D eigenvalue weighted by atomic mass is 19.1. The summed E-state index contributed by atoms with van der Waals surface area (Å²) in [6, 6.07) is 26.8. The first-order chi connectivity index (χ1) is 29.7. The lowest BCUT2D eigenvalue weighted by Crippen LogP contribution is -2.50. The molecule has 2 fully saturated rings. The Morgan fingerprint density at radius 1 is 0.762 bits per heavy atom. The molecule has 0 saturated carbocycles. The number of methoxy groups -OCH3 is 2. The van der Waals surface area contributed by atoms with Crippen LogP contribution in [0.5, 0.6) is 23.0 Å². The van der Waals surface area contributed by atoms with Crippen LogP contribution in [0.4, 0.5) is 24.1 Å². The van der Waals surface area contributed by atoms with E-state index in [1.807, 2.05) is 54.6 Å². The van der Waals surface area contributed by atoms with Gasteiger partial charge in [-0.2, -0.15) is 5.26 Å². The number of phenols is 1. The largest absolute Gasteiger partial charge is 0.508 e. The summed E-state index contributed by atoms with van der Waals surface area (Å²) in [5, 5.41) is 27.6. The number of rotatable bonds is 6. The molecule has 0 aliphatic carbocycles. The molecule has 2 N–H and O–H groups in total. The number of ether oxygens (including phenoxy) is 5. The molecular weight excluding hydrogens is 815 g/mol. The zero-order valence-electron chi connectivity index (χ0n) is 36.9. The quantitative estimate of drug-likeness (QED) is 0.179. The van der Waals surface area contributed by atoms with Gasteiger partial charge in [-0.25, -0.2) is 23.2 Å². The molecule has 2 saturated heterocycles. The molecular formula is C48H56F2N4O9. The van der Waals surface area contributed by atoms with Crippen LogP contribution in [0.15, 0.2) is 84.9 Å². The Hall–Kier alpha value is -6.58. The summed E-state index contributed by atoms with van der Waals surface area (Å²) in [5.41, 5.74) is 2.79. The Morgan fingerprint density at radius 3 is 1.75 bits per heavy atom. The van der Waals surface area contributed by atoms with Gasteiger partial charge in [0.15, 0.2) is 11.9 Å². The van der Waals surface area contributed by atoms with Crippen molar-refractivity contribution in [1.29, 1.82) is 5.26 Å². The predicted molar refractivity (Wildman–Crippen MR) is 235 cm³/mol. The normalized spacial score (nSPS) is 18.4. The summed E-state index contributed by atoms with van der Waals surface area (Å²) in [6.45, 7) is 18.5. The van der Waals surface area contributed by atoms with Crippen molar-refractivity contribution in [3.8, 4) is 51.3 Å². The third-order valence-electron chi connectivity index (χ3n) is 9.48. The van der Waals surface area contributed by atoms with Crippen molar-refractivity contribution in [2.75, 3.05) is 40.4 Å². The number of nitrogens with zero attached hydrogens (tertiary/aromatic N) is 4. The van der Waals surface area contributed by atoms with Crippen LogP contribution in [0, 0.1) is 17.9 Å². The number of carbonyl (C=O) groups is 2. The molecule has 15 heteroatoms. The second kappa shape index (κ2) is 22.0. The van der Waals surface area contributed by atoms with Crippen LogP contribution < -0.4 is 14.2 Å². The molecule has 6 rings (SSSR count). The molecule has 336 valence electrons. The van der Waals surface area contributed by atoms with Gasteiger partial charge in [0.25, 0.3) is 0 Å². The van der Waals surface area contributed by atoms with Crippen LogP contribution in [-0.4, -0.2) is 108 Å². The highest BCUT2D eigenvalue weighted by molar-refractivity contribution is 5.76. The molecule has 4 aromatic carbocycles. The minimum Gasteiger partial charge on any atom is -0.508 e. The fraction of sp³-hybridized carbons (Fsp3) is 0.417. The maximum atomic E-state index is 14.8. The Kier molecular flexibility index (Phi) is 17.1. The van der Waals surface area contributed by atoms with Gasteiger partial charge in [-0.1, -0.05) is 36.4 Å². The number of carbonyl (C=O) groups excluding carboxylic acids is 2. The second-order valence-corrected chi connectivity index (χ2v) is 16.8. The van der Waals surface area contributed by atoms with Gasteiger partial charge in [-0.05, 0) is 108 Å². The van der Waals surface area contributed by atoms with Gasteiger partial charge in [0.2, 0.25) is 0 Å². The molecule has 2 amide bonds. The van der Waals surface area contributed by atoms with E-state index in [1.54, 1.807) is 86.1 Å². The average Bonchev–Trinajstić information content (AvgIpc) is 3.24. The van der Waals surface area contributed by atoms with Crippen molar-refractivity contribution in [3.05, 3.63) is 102 Å². The molecule has 2 heterocycles. The van der Waals surface area contributed by atoms with E-state index < -0.39 is 47.9 Å². The number of phenolic OH excluding ortho intramolecular Hbond substituents is 1. The molecule has 0 radical (unpaired) electrons. The minimum atomic E-state index is -1.37. The monoisotopic (exact) mass is 870 g/mol. The standard InChI is InChI=1S/C24H27FN2O4.C14H11NO2.C10H18FNO3/c1-24(2,3)31-23(28)27-11-10-22(20(25)15-27)30-18-13-16(12-17(14-18)26-4)19-8-6-7-9-21(19)29-5;1-17-14-5-3-2-4-13(14)11-6-10(9-15)7-12(16)8-11;1-10(2,3)15-9(14)12-5-4-8(13)7(11)6-12/h6-9,12-14,20,22H,10-11,15H2,1-3,5H3;2-8,16H,1H3;7-8,13H,4-6H2,1-3H3. The molecule has 0 bridgehead atoms. The Balaban J connectivity index is 0.000000229. The van der Waals surface area contributed by atoms with Crippen molar-refractivity contribution >= 4 is 17.9 Å². The van der Waals surface area contributed by atoms with Crippen molar-refractivity contribution in [1.82, 2.24) is 9.80 Å². The highest BCUT2D eigenvalue weighted by Gasteiger charge is 2.35. The fourth-order valence-electron chi connectivity index (χ4n) is 6.54. The Bertz CT molecular complexity index is 2260. The van der Waals surface area contributed by atoms with Crippen LogP contribution >= 0.6 is 0 Å². The number of hydrogen-bond donors (Lipinski definition) is 2. The minimum absolute atomic E-state index is 0.0740. The number of piperidine rings is 2. The summed E-state index contributed by atoms with van der Waals surface area (Å²) in [6.07, 6.45) is -4.86. The Morgan fingerprint density at radius 2 is 1.27 bits per heavy atom. The number of halogens is 2. The lowest BCUT2D eigenvalue weighted by atomic mass is 10.0. The molecule has 0 aromatic heterocycles. The van der Waals surface area contributed by atoms with Gasteiger partial charge in [0, 0.05) is 30.6 Å². The summed E-state index contributed by atoms with van der Waals surface area (Å²) >= 11 is 0. The number of aliphatic hydroxyl groups is 1. The van der Waals surface area contributed by atoms with E-state index in [1.165, 1.54) is 15.9 Å². The van der Waals surface area contributed by atoms with Crippen molar-refractivity contribution in [3.63, 3.8) is 0 Å². The number of aromatic hydroxyl groups is 1. The van der Waals surface area contributed by atoms with Crippen LogP contribution in [-0.2, 0) is 9.47 Å². The van der Waals surface area contributed by atoms with E-state index in [0.717, 1.165) is 22.3 Å². The smallest absolute Gasteiger partial charge is 0.410 e. The molecule has 4 atom stereocenters. The molecule has 63 heavy (non-hydrogen) atoms. The first-order valence-electron chi connectivity index (χ1n) is 20.4. The molecule has 4 unspecified atom stereocenters. The summed E-state index contributed by atoms with van der Waals surface area (Å²) < 4.78 is 55.0. The average molecular weight is 871 g/mol. The van der Waals surface area contributed by atoms with Crippen molar-refractivity contribution in [2.24, 2.45) is 0 Å². The number of nitriles is 1. The third kappa shape index (κ3) is 14.8. The zero-order chi connectivity index (χ0) is 46.5. The van der Waals surface area contributed by atoms with E-state index >= 15 is 0 Å². The van der Waals surface area contributed by atoms with Crippen molar-refractivity contribution < 1.29 is 52.3 Å². The van der Waals surface area contributed by atoms with Crippen LogP contribution in [0.25, 0.3) is 27.1 Å². The van der Waals surface area contributed by atoms with E-state index in [4.69, 9.17) is 40.6 Å². The third-order valence-corrected chi connectivity index (χ3v) is 9.48.